The van der Waals surface area contributed by atoms with Gasteiger partial charge in [-0.15, -0.1) is 10.1 Å². The lowest BCUT2D eigenvalue weighted by Crippen LogP contribution is -2.41. The predicted octanol–water partition coefficient (Wildman–Crippen LogP) is 6.25. The largest absolute Gasteiger partial charge is 0.511 e. The number of rotatable bonds is 10. The fraction of sp³-hybridized carbons (Fsp3) is 0.474. The van der Waals surface area contributed by atoms with E-state index < -0.39 is 93.0 Å². The predicted molar refractivity (Wildman–Crippen MR) is 111 cm³/mol. The van der Waals surface area contributed by atoms with Crippen LogP contribution in [0.1, 0.15) is 31.4 Å². The summed E-state index contributed by atoms with van der Waals surface area (Å²) in [7, 11) is -10.3. The quantitative estimate of drug-likeness (QED) is 0.102. The number of carbonyl (C=O) groups is 2. The van der Waals surface area contributed by atoms with E-state index in [9.17, 15) is 52.3 Å². The van der Waals surface area contributed by atoms with Gasteiger partial charge in [-0.25, -0.2) is 9.59 Å². The maximum absolute atomic E-state index is 13.6. The Hall–Kier alpha value is -3.51. The van der Waals surface area contributed by atoms with Crippen molar-refractivity contribution in [1.82, 2.24) is 0 Å². The minimum absolute atomic E-state index is 0.0189. The number of hydrogen-bond donors (Lipinski definition) is 0. The number of hydrogen-bond acceptors (Lipinski definition) is 9. The molecule has 1 aromatic rings. The Morgan fingerprint density at radius 1 is 1.16 bits per heavy atom. The molecule has 0 aliphatic carbocycles. The van der Waals surface area contributed by atoms with Gasteiger partial charge in [-0.1, -0.05) is 26.4 Å². The second kappa shape index (κ2) is 9.99. The van der Waals surface area contributed by atoms with Gasteiger partial charge >= 0.3 is 28.5 Å². The zero-order valence-electron chi connectivity index (χ0n) is 19.3. The zero-order valence-corrected chi connectivity index (χ0v) is 20.1. The SMILES string of the molecule is CCc1cc(S(F)(F)(F)(F)F)cc2c1O[C@H](C(F)(F)F)C(C(=O)OCOC(=O)O[C@@H](C)CCO[N+](=O)[O-])=C2. The third-order valence-electron chi connectivity index (χ3n) is 4.74. The third kappa shape index (κ3) is 8.25. The lowest BCUT2D eigenvalue weighted by atomic mass is 9.98. The second-order valence-corrected chi connectivity index (χ2v) is 10.1. The third-order valence-corrected chi connectivity index (χ3v) is 5.87. The zero-order chi connectivity index (χ0) is 29.2. The maximum Gasteiger partial charge on any atom is 0.511 e. The fourth-order valence-electron chi connectivity index (χ4n) is 3.02. The molecule has 0 radical (unpaired) electrons. The van der Waals surface area contributed by atoms with Crippen LogP contribution in [0.5, 0.6) is 5.75 Å². The summed E-state index contributed by atoms with van der Waals surface area (Å²) in [5, 5.41) is 8.95. The van der Waals surface area contributed by atoms with Gasteiger partial charge in [0.1, 0.15) is 16.7 Å². The Balaban J connectivity index is 2.23. The van der Waals surface area contributed by atoms with Crippen LogP contribution in [0.4, 0.5) is 37.4 Å². The van der Waals surface area contributed by atoms with Crippen molar-refractivity contribution in [2.75, 3.05) is 13.4 Å². The Labute approximate surface area is 208 Å². The minimum atomic E-state index is -10.3. The Morgan fingerprint density at radius 3 is 2.32 bits per heavy atom. The molecular weight excluding hydrogens is 570 g/mol. The molecule has 1 aliphatic heterocycles. The Kier molecular flexibility index (Phi) is 8.07. The first kappa shape index (κ1) is 30.7. The minimum Gasteiger partial charge on any atom is -0.475 e. The molecule has 2 atom stereocenters. The Bertz CT molecular complexity index is 1140. The van der Waals surface area contributed by atoms with Crippen LogP contribution in [-0.2, 0) is 30.3 Å². The van der Waals surface area contributed by atoms with Gasteiger partial charge in [0.25, 0.3) is 5.09 Å². The standard InChI is InChI=1S/C19H19F8NO9S/c1-3-11-6-13(38(23,24,25,26)27)7-12-8-14(16(19(20,21)22)37-15(11)12)17(29)33-9-34-18(30)36-10(2)4-5-35-28(31)32/h6-8,10,16H,3-5,9H2,1-2H3/t10-,16-/m0/s1. The van der Waals surface area contributed by atoms with Crippen molar-refractivity contribution in [2.45, 2.75) is 50.0 Å². The average Bonchev–Trinajstić information content (AvgIpc) is 2.74. The van der Waals surface area contributed by atoms with Gasteiger partial charge in [0.15, 0.2) is 0 Å². The summed E-state index contributed by atoms with van der Waals surface area (Å²) < 4.78 is 126. The van der Waals surface area contributed by atoms with E-state index in [1.807, 2.05) is 0 Å². The fourth-order valence-corrected chi connectivity index (χ4v) is 3.73. The van der Waals surface area contributed by atoms with Gasteiger partial charge in [-0.05, 0) is 37.1 Å². The molecule has 0 aromatic heterocycles. The summed E-state index contributed by atoms with van der Waals surface area (Å²) in [6.07, 6.45) is -11.1. The van der Waals surface area contributed by atoms with Crippen LogP contribution < -0.4 is 4.74 Å². The van der Waals surface area contributed by atoms with Crippen molar-refractivity contribution in [1.29, 1.82) is 0 Å². The maximum atomic E-state index is 13.6. The molecular formula is C19H19F8NO9S. The molecule has 19 heteroatoms. The highest BCUT2D eigenvalue weighted by Gasteiger charge is 2.66. The van der Waals surface area contributed by atoms with Crippen LogP contribution in [0.25, 0.3) is 6.08 Å². The van der Waals surface area contributed by atoms with Crippen molar-refractivity contribution in [2.24, 2.45) is 0 Å². The van der Waals surface area contributed by atoms with Gasteiger partial charge < -0.3 is 23.8 Å². The number of nitrogens with zero attached hydrogens (tertiary/aromatic N) is 1. The molecule has 10 nitrogen and oxygen atoms in total. The normalized spacial score (nSPS) is 17.9. The van der Waals surface area contributed by atoms with Crippen LogP contribution in [-0.4, -0.2) is 49.0 Å². The molecule has 0 amide bonds. The number of alkyl halides is 3. The van der Waals surface area contributed by atoms with Crippen LogP contribution >= 0.6 is 10.2 Å². The van der Waals surface area contributed by atoms with Crippen molar-refractivity contribution in [3.63, 3.8) is 0 Å². The molecule has 1 aromatic carbocycles. The Morgan fingerprint density at radius 2 is 1.79 bits per heavy atom. The van der Waals surface area contributed by atoms with Gasteiger partial charge in [0.2, 0.25) is 12.9 Å². The molecule has 1 aliphatic rings. The highest BCUT2D eigenvalue weighted by atomic mass is 32.5. The molecule has 38 heavy (non-hydrogen) atoms. The van der Waals surface area contributed by atoms with E-state index in [0.717, 1.165) is 0 Å². The lowest BCUT2D eigenvalue weighted by molar-refractivity contribution is -0.758. The molecule has 0 unspecified atom stereocenters. The van der Waals surface area contributed by atoms with E-state index in [1.165, 1.54) is 13.8 Å². The molecule has 0 bridgehead atoms. The number of fused-ring (bicyclic) bond motifs is 1. The number of benzene rings is 1. The summed E-state index contributed by atoms with van der Waals surface area (Å²) in [6.45, 7) is 0.693. The van der Waals surface area contributed by atoms with E-state index in [-0.39, 0.29) is 24.6 Å². The van der Waals surface area contributed by atoms with Gasteiger partial charge in [0, 0.05) is 12.0 Å². The van der Waals surface area contributed by atoms with Crippen molar-refractivity contribution in [3.8, 4) is 5.75 Å². The number of esters is 1. The number of aryl methyl sites for hydroxylation is 1. The molecule has 216 valence electrons. The van der Waals surface area contributed by atoms with Crippen molar-refractivity contribution in [3.05, 3.63) is 38.9 Å². The van der Waals surface area contributed by atoms with E-state index in [2.05, 4.69) is 19.0 Å². The summed E-state index contributed by atoms with van der Waals surface area (Å²) >= 11 is 0. The second-order valence-electron chi connectivity index (χ2n) is 7.68. The topological polar surface area (TPSA) is 123 Å². The van der Waals surface area contributed by atoms with Crippen LogP contribution in [0.3, 0.4) is 0 Å². The van der Waals surface area contributed by atoms with E-state index in [4.69, 9.17) is 4.74 Å². The first-order valence-electron chi connectivity index (χ1n) is 10.3. The molecule has 0 saturated heterocycles. The highest BCUT2D eigenvalue weighted by molar-refractivity contribution is 8.45. The van der Waals surface area contributed by atoms with Gasteiger partial charge in [-0.3, -0.25) is 0 Å². The summed E-state index contributed by atoms with van der Waals surface area (Å²) in [6, 6.07) is -0.164. The van der Waals surface area contributed by atoms with Crippen molar-refractivity contribution >= 4 is 28.4 Å². The van der Waals surface area contributed by atoms with Gasteiger partial charge in [0.05, 0.1) is 12.2 Å². The first-order chi connectivity index (χ1) is 17.1. The highest BCUT2D eigenvalue weighted by Crippen LogP contribution is 3.02. The van der Waals surface area contributed by atoms with E-state index in [0.29, 0.717) is 0 Å². The monoisotopic (exact) mass is 589 g/mol. The molecule has 0 saturated carbocycles. The first-order valence-corrected chi connectivity index (χ1v) is 12.2. The summed E-state index contributed by atoms with van der Waals surface area (Å²) in [5.41, 5.74) is -2.91. The van der Waals surface area contributed by atoms with Crippen LogP contribution in [0, 0.1) is 10.1 Å². The number of ether oxygens (including phenoxy) is 4. The molecule has 2 rings (SSSR count). The average molecular weight is 589 g/mol. The summed E-state index contributed by atoms with van der Waals surface area (Å²) in [5.74, 6) is -2.64. The number of halogens is 8. The number of carbonyl (C=O) groups excluding carboxylic acids is 2. The van der Waals surface area contributed by atoms with Crippen LogP contribution in [0.2, 0.25) is 0 Å². The van der Waals surface area contributed by atoms with Gasteiger partial charge in [-0.2, -0.15) is 13.2 Å². The molecule has 0 fully saturated rings. The molecule has 0 spiro atoms. The smallest absolute Gasteiger partial charge is 0.475 e. The lowest BCUT2D eigenvalue weighted by Gasteiger charge is -2.41. The van der Waals surface area contributed by atoms with Crippen molar-refractivity contribution < 1.29 is 71.1 Å². The molecule has 1 heterocycles. The van der Waals surface area contributed by atoms with Crippen LogP contribution in [0.15, 0.2) is 22.6 Å². The van der Waals surface area contributed by atoms with E-state index in [1.54, 1.807) is 0 Å². The summed E-state index contributed by atoms with van der Waals surface area (Å²) in [4.78, 5) is 35.5. The van der Waals surface area contributed by atoms with E-state index >= 15 is 0 Å². The molecule has 0 N–H and O–H groups in total.